The summed E-state index contributed by atoms with van der Waals surface area (Å²) in [5.41, 5.74) is 7.63. The van der Waals surface area contributed by atoms with Crippen molar-refractivity contribution >= 4 is 11.6 Å². The smallest absolute Gasteiger partial charge is 0.139 e. The maximum atomic E-state index is 6.02. The molecular weight excluding hydrogens is 222 g/mol. The van der Waals surface area contributed by atoms with Gasteiger partial charge in [0, 0.05) is 36.1 Å². The molecule has 0 aliphatic carbocycles. The summed E-state index contributed by atoms with van der Waals surface area (Å²) in [7, 11) is 0. The van der Waals surface area contributed by atoms with Crippen molar-refractivity contribution in [3.63, 3.8) is 0 Å². The number of nitrogens with two attached hydrogens (primary N) is 1. The van der Waals surface area contributed by atoms with E-state index in [-0.39, 0.29) is 0 Å². The molecule has 3 nitrogen and oxygen atoms in total. The summed E-state index contributed by atoms with van der Waals surface area (Å²) in [5, 5.41) is 0.709. The number of nitrogens with zero attached hydrogens (tertiary/aromatic N) is 2. The first-order valence-electron chi connectivity index (χ1n) is 5.26. The highest BCUT2D eigenvalue weighted by molar-refractivity contribution is 6.31. The summed E-state index contributed by atoms with van der Waals surface area (Å²) in [4.78, 5) is 4.34. The average Bonchev–Trinajstić information content (AvgIpc) is 2.78. The third-order valence-corrected chi connectivity index (χ3v) is 2.95. The van der Waals surface area contributed by atoms with Crippen molar-refractivity contribution in [2.24, 2.45) is 5.73 Å². The van der Waals surface area contributed by atoms with Crippen molar-refractivity contribution in [1.29, 1.82) is 0 Å². The Kier molecular flexibility index (Phi) is 3.27. The molecule has 0 fully saturated rings. The summed E-state index contributed by atoms with van der Waals surface area (Å²) in [5.74, 6) is 0.953. The molecule has 1 aromatic heterocycles. The van der Waals surface area contributed by atoms with E-state index < -0.39 is 0 Å². The molecule has 84 valence electrons. The molecule has 2 N–H and O–H groups in total. The lowest BCUT2D eigenvalue weighted by Crippen LogP contribution is -2.00. The minimum atomic E-state index is 0.444. The van der Waals surface area contributed by atoms with Crippen molar-refractivity contribution in [3.8, 4) is 11.4 Å². The van der Waals surface area contributed by atoms with Crippen LogP contribution in [0.5, 0.6) is 0 Å². The number of rotatable bonds is 3. The van der Waals surface area contributed by atoms with Gasteiger partial charge in [0.1, 0.15) is 5.82 Å². The zero-order valence-corrected chi connectivity index (χ0v) is 9.91. The first kappa shape index (κ1) is 11.2. The fourth-order valence-electron chi connectivity index (χ4n) is 1.69. The summed E-state index contributed by atoms with van der Waals surface area (Å²) < 4.78 is 2.09. The maximum Gasteiger partial charge on any atom is 0.139 e. The molecule has 0 radical (unpaired) electrons. The Morgan fingerprint density at radius 2 is 2.25 bits per heavy atom. The SMILES string of the molecule is CCn1ccnc1-c1ccc(Cl)c(CN)c1. The van der Waals surface area contributed by atoms with Gasteiger partial charge in [0.05, 0.1) is 0 Å². The Morgan fingerprint density at radius 1 is 1.44 bits per heavy atom. The average molecular weight is 236 g/mol. The molecule has 0 amide bonds. The van der Waals surface area contributed by atoms with Crippen molar-refractivity contribution < 1.29 is 0 Å². The minimum Gasteiger partial charge on any atom is -0.331 e. The third kappa shape index (κ3) is 1.96. The maximum absolute atomic E-state index is 6.02. The first-order chi connectivity index (χ1) is 7.76. The molecule has 0 saturated carbocycles. The van der Waals surface area contributed by atoms with Gasteiger partial charge in [-0.3, -0.25) is 0 Å². The highest BCUT2D eigenvalue weighted by Gasteiger charge is 2.07. The summed E-state index contributed by atoms with van der Waals surface area (Å²) in [6.45, 7) is 3.43. The van der Waals surface area contributed by atoms with Crippen molar-refractivity contribution in [2.45, 2.75) is 20.0 Å². The van der Waals surface area contributed by atoms with Gasteiger partial charge in [0.2, 0.25) is 0 Å². The van der Waals surface area contributed by atoms with E-state index in [4.69, 9.17) is 17.3 Å². The molecule has 0 saturated heterocycles. The van der Waals surface area contributed by atoms with Crippen LogP contribution in [0.1, 0.15) is 12.5 Å². The second kappa shape index (κ2) is 4.68. The fraction of sp³-hybridized carbons (Fsp3) is 0.250. The van der Waals surface area contributed by atoms with Crippen LogP contribution in [0.2, 0.25) is 5.02 Å². The summed E-state index contributed by atoms with van der Waals surface area (Å²) >= 11 is 6.02. The number of hydrogen-bond donors (Lipinski definition) is 1. The van der Waals surface area contributed by atoms with Crippen LogP contribution in [0.15, 0.2) is 30.6 Å². The predicted molar refractivity (Wildman–Crippen MR) is 66.2 cm³/mol. The number of halogens is 1. The lowest BCUT2D eigenvalue weighted by molar-refractivity contribution is 0.770. The van der Waals surface area contributed by atoms with Gasteiger partial charge < -0.3 is 10.3 Å². The Bertz CT molecular complexity index is 491. The second-order valence-electron chi connectivity index (χ2n) is 3.55. The molecule has 0 bridgehead atoms. The number of aromatic nitrogens is 2. The molecule has 16 heavy (non-hydrogen) atoms. The molecule has 0 spiro atoms. The van der Waals surface area contributed by atoms with Gasteiger partial charge in [0.15, 0.2) is 0 Å². The largest absolute Gasteiger partial charge is 0.331 e. The molecule has 1 aromatic carbocycles. The predicted octanol–water partition coefficient (Wildman–Crippen LogP) is 2.68. The van der Waals surface area contributed by atoms with Gasteiger partial charge in [-0.05, 0) is 30.7 Å². The van der Waals surface area contributed by atoms with Gasteiger partial charge in [-0.2, -0.15) is 0 Å². The van der Waals surface area contributed by atoms with Crippen LogP contribution in [-0.2, 0) is 13.1 Å². The molecule has 0 aliphatic rings. The van der Waals surface area contributed by atoms with Gasteiger partial charge in [-0.15, -0.1) is 0 Å². The highest BCUT2D eigenvalue weighted by Crippen LogP contribution is 2.23. The van der Waals surface area contributed by atoms with Crippen molar-refractivity contribution in [2.75, 3.05) is 0 Å². The topological polar surface area (TPSA) is 43.8 Å². The van der Waals surface area contributed by atoms with E-state index in [0.717, 1.165) is 23.5 Å². The van der Waals surface area contributed by atoms with Crippen molar-refractivity contribution in [3.05, 3.63) is 41.2 Å². The zero-order chi connectivity index (χ0) is 11.5. The standard InChI is InChI=1S/C12H14ClN3/c1-2-16-6-5-15-12(16)9-3-4-11(13)10(7-9)8-14/h3-7H,2,8,14H2,1H3. The number of hydrogen-bond acceptors (Lipinski definition) is 2. The van der Waals surface area contributed by atoms with E-state index in [1.54, 1.807) is 6.20 Å². The second-order valence-corrected chi connectivity index (χ2v) is 3.95. The van der Waals surface area contributed by atoms with Crippen LogP contribution in [0.4, 0.5) is 0 Å². The number of imidazole rings is 1. The molecule has 2 aromatic rings. The van der Waals surface area contributed by atoms with Gasteiger partial charge in [-0.1, -0.05) is 11.6 Å². The van der Waals surface area contributed by atoms with E-state index in [1.807, 2.05) is 24.4 Å². The molecule has 0 aliphatic heterocycles. The molecule has 1 heterocycles. The minimum absolute atomic E-state index is 0.444. The lowest BCUT2D eigenvalue weighted by Gasteiger charge is -2.07. The van der Waals surface area contributed by atoms with Crippen LogP contribution >= 0.6 is 11.6 Å². The van der Waals surface area contributed by atoms with Crippen LogP contribution in [0.3, 0.4) is 0 Å². The summed E-state index contributed by atoms with van der Waals surface area (Å²) in [6.07, 6.45) is 3.77. The molecule has 0 unspecified atom stereocenters. The summed E-state index contributed by atoms with van der Waals surface area (Å²) in [6, 6.07) is 5.83. The van der Waals surface area contributed by atoms with Gasteiger partial charge >= 0.3 is 0 Å². The number of aryl methyl sites for hydroxylation is 1. The molecular formula is C12H14ClN3. The van der Waals surface area contributed by atoms with E-state index in [2.05, 4.69) is 16.5 Å². The van der Waals surface area contributed by atoms with E-state index >= 15 is 0 Å². The Hall–Kier alpha value is -1.32. The highest BCUT2D eigenvalue weighted by atomic mass is 35.5. The zero-order valence-electron chi connectivity index (χ0n) is 9.15. The number of benzene rings is 1. The van der Waals surface area contributed by atoms with Gasteiger partial charge in [-0.25, -0.2) is 4.98 Å². The monoisotopic (exact) mass is 235 g/mol. The quantitative estimate of drug-likeness (QED) is 0.889. The fourth-order valence-corrected chi connectivity index (χ4v) is 1.89. The normalized spacial score (nSPS) is 10.7. The van der Waals surface area contributed by atoms with Gasteiger partial charge in [0.25, 0.3) is 0 Å². The van der Waals surface area contributed by atoms with Crippen LogP contribution in [-0.4, -0.2) is 9.55 Å². The molecule has 2 rings (SSSR count). The lowest BCUT2D eigenvalue weighted by atomic mass is 10.1. The molecule has 0 atom stereocenters. The van der Waals surface area contributed by atoms with Crippen LogP contribution in [0.25, 0.3) is 11.4 Å². The molecule has 4 heteroatoms. The van der Waals surface area contributed by atoms with Crippen molar-refractivity contribution in [1.82, 2.24) is 9.55 Å². The third-order valence-electron chi connectivity index (χ3n) is 2.58. The van der Waals surface area contributed by atoms with E-state index in [1.165, 1.54) is 0 Å². The first-order valence-corrected chi connectivity index (χ1v) is 5.64. The Balaban J connectivity index is 2.48. The Labute approximate surface area is 99.9 Å². The van der Waals surface area contributed by atoms with E-state index in [9.17, 15) is 0 Å². The van der Waals surface area contributed by atoms with E-state index in [0.29, 0.717) is 11.6 Å². The van der Waals surface area contributed by atoms with Crippen LogP contribution in [0, 0.1) is 0 Å². The van der Waals surface area contributed by atoms with Crippen LogP contribution < -0.4 is 5.73 Å². The Morgan fingerprint density at radius 3 is 2.94 bits per heavy atom.